The van der Waals surface area contributed by atoms with E-state index in [1.165, 1.54) is 6.33 Å². The summed E-state index contributed by atoms with van der Waals surface area (Å²) in [7, 11) is 0. The molecule has 3 aromatic carbocycles. The molecular formula is C25H19N3O4. The van der Waals surface area contributed by atoms with Crippen LogP contribution in [0.25, 0.3) is 22.0 Å². The largest absolute Gasteiger partial charge is 0.480 e. The molecule has 0 radical (unpaired) electrons. The number of aromatic nitrogens is 2. The lowest BCUT2D eigenvalue weighted by Crippen LogP contribution is -2.37. The van der Waals surface area contributed by atoms with Crippen molar-refractivity contribution >= 4 is 28.8 Å². The summed E-state index contributed by atoms with van der Waals surface area (Å²) < 4.78 is 5.67. The van der Waals surface area contributed by atoms with Crippen LogP contribution in [0, 0.1) is 0 Å². The van der Waals surface area contributed by atoms with Crippen LogP contribution in [0.3, 0.4) is 0 Å². The molecule has 1 aromatic heterocycles. The molecule has 1 amide bonds. The van der Waals surface area contributed by atoms with Crippen LogP contribution in [0.1, 0.15) is 17.0 Å². The Hall–Kier alpha value is -4.26. The van der Waals surface area contributed by atoms with Crippen LogP contribution in [0.2, 0.25) is 0 Å². The van der Waals surface area contributed by atoms with E-state index in [4.69, 9.17) is 4.74 Å². The minimum atomic E-state index is -1.17. The second-order valence-corrected chi connectivity index (χ2v) is 7.50. The molecule has 0 aliphatic heterocycles. The third-order valence-corrected chi connectivity index (χ3v) is 5.63. The summed E-state index contributed by atoms with van der Waals surface area (Å²) >= 11 is 0. The van der Waals surface area contributed by atoms with E-state index < -0.39 is 18.6 Å². The number of hydrogen-bond donors (Lipinski definition) is 1. The van der Waals surface area contributed by atoms with E-state index in [1.54, 1.807) is 18.2 Å². The summed E-state index contributed by atoms with van der Waals surface area (Å²) in [6.07, 6.45) is 0.543. The Morgan fingerprint density at radius 3 is 2.19 bits per heavy atom. The van der Waals surface area contributed by atoms with Gasteiger partial charge in [-0.1, -0.05) is 60.7 Å². The molecule has 0 atom stereocenters. The molecule has 1 N–H and O–H groups in total. The smallest absolute Gasteiger partial charge is 0.416 e. The zero-order valence-corrected chi connectivity index (χ0v) is 17.0. The number of benzene rings is 3. The van der Waals surface area contributed by atoms with Crippen molar-refractivity contribution in [3.63, 3.8) is 0 Å². The van der Waals surface area contributed by atoms with Gasteiger partial charge in [0.25, 0.3) is 0 Å². The van der Waals surface area contributed by atoms with Gasteiger partial charge in [0, 0.05) is 11.3 Å². The summed E-state index contributed by atoms with van der Waals surface area (Å²) in [5.41, 5.74) is 5.01. The lowest BCUT2D eigenvalue weighted by molar-refractivity contribution is -0.135. The van der Waals surface area contributed by atoms with E-state index in [1.807, 2.05) is 42.5 Å². The zero-order chi connectivity index (χ0) is 22.1. The lowest BCUT2D eigenvalue weighted by Gasteiger charge is -2.22. The maximum absolute atomic E-state index is 13.1. The number of amides is 1. The molecule has 1 aliphatic carbocycles. The van der Waals surface area contributed by atoms with Crippen molar-refractivity contribution in [2.45, 2.75) is 5.92 Å². The van der Waals surface area contributed by atoms with E-state index in [0.717, 1.165) is 27.2 Å². The Morgan fingerprint density at radius 2 is 1.50 bits per heavy atom. The van der Waals surface area contributed by atoms with Crippen LogP contribution in [-0.4, -0.2) is 40.3 Å². The predicted octanol–water partition coefficient (Wildman–Crippen LogP) is 4.47. The zero-order valence-electron chi connectivity index (χ0n) is 17.0. The summed E-state index contributed by atoms with van der Waals surface area (Å²) in [5.74, 6) is -1.09. The first-order chi connectivity index (χ1) is 15.6. The number of carbonyl (C=O) groups is 2. The molecule has 5 rings (SSSR count). The second-order valence-electron chi connectivity index (χ2n) is 7.50. The van der Waals surface area contributed by atoms with Gasteiger partial charge in [0.1, 0.15) is 25.3 Å². The van der Waals surface area contributed by atoms with Crippen molar-refractivity contribution in [3.05, 3.63) is 90.3 Å². The first-order valence-corrected chi connectivity index (χ1v) is 10.2. The van der Waals surface area contributed by atoms with E-state index in [2.05, 4.69) is 22.1 Å². The normalized spacial score (nSPS) is 12.2. The minimum Gasteiger partial charge on any atom is -0.480 e. The molecule has 7 heteroatoms. The van der Waals surface area contributed by atoms with Crippen LogP contribution < -0.4 is 4.90 Å². The topological polar surface area (TPSA) is 92.6 Å². The van der Waals surface area contributed by atoms with Crippen molar-refractivity contribution in [2.75, 3.05) is 18.1 Å². The molecule has 0 saturated heterocycles. The fourth-order valence-electron chi connectivity index (χ4n) is 4.24. The Balaban J connectivity index is 1.45. The molecule has 4 aromatic rings. The van der Waals surface area contributed by atoms with Crippen molar-refractivity contribution in [2.24, 2.45) is 0 Å². The quantitative estimate of drug-likeness (QED) is 0.507. The molecular weight excluding hydrogens is 406 g/mol. The fourth-order valence-corrected chi connectivity index (χ4v) is 4.24. The molecule has 0 unspecified atom stereocenters. The van der Waals surface area contributed by atoms with Crippen LogP contribution in [0.15, 0.2) is 79.1 Å². The maximum atomic E-state index is 13.1. The molecule has 7 nitrogen and oxygen atoms in total. The van der Waals surface area contributed by atoms with Crippen molar-refractivity contribution in [3.8, 4) is 11.1 Å². The highest BCUT2D eigenvalue weighted by molar-refractivity contribution is 6.00. The molecule has 1 aliphatic rings. The van der Waals surface area contributed by atoms with Gasteiger partial charge in [0.05, 0.1) is 5.52 Å². The first-order valence-electron chi connectivity index (χ1n) is 10.2. The molecule has 0 saturated carbocycles. The molecule has 158 valence electrons. The SMILES string of the molecule is O=C(O)CN(C(=O)OCC1c2ccccc2-c2ccccc21)c1ncnc2ccccc12. The molecule has 0 bridgehead atoms. The van der Waals surface area contributed by atoms with Gasteiger partial charge in [-0.3, -0.25) is 4.79 Å². The van der Waals surface area contributed by atoms with Gasteiger partial charge >= 0.3 is 12.1 Å². The number of rotatable bonds is 5. The van der Waals surface area contributed by atoms with E-state index >= 15 is 0 Å². The van der Waals surface area contributed by atoms with E-state index in [-0.39, 0.29) is 18.3 Å². The number of aliphatic carboxylic acids is 1. The summed E-state index contributed by atoms with van der Waals surface area (Å²) in [5, 5.41) is 9.99. The van der Waals surface area contributed by atoms with Gasteiger partial charge in [0.2, 0.25) is 0 Å². The number of carbonyl (C=O) groups excluding carboxylic acids is 1. The second kappa shape index (κ2) is 8.11. The van der Waals surface area contributed by atoms with Crippen LogP contribution in [0.4, 0.5) is 10.6 Å². The van der Waals surface area contributed by atoms with Crippen molar-refractivity contribution in [1.82, 2.24) is 9.97 Å². The standard InChI is InChI=1S/C25H19N3O4/c29-23(30)13-28(24-20-11-5-6-12-22(20)26-15-27-24)25(31)32-14-21-18-9-3-1-7-16(18)17-8-2-4-10-19(17)21/h1-12,15,21H,13-14H2,(H,29,30). The Morgan fingerprint density at radius 1 is 0.875 bits per heavy atom. The van der Waals surface area contributed by atoms with Gasteiger partial charge in [-0.2, -0.15) is 0 Å². The Labute approximate surface area is 183 Å². The van der Waals surface area contributed by atoms with Crippen LogP contribution in [0.5, 0.6) is 0 Å². The number of fused-ring (bicyclic) bond motifs is 4. The number of nitrogens with zero attached hydrogens (tertiary/aromatic N) is 3. The number of ether oxygens (including phenoxy) is 1. The predicted molar refractivity (Wildman–Crippen MR) is 120 cm³/mol. The van der Waals surface area contributed by atoms with Gasteiger partial charge in [-0.25, -0.2) is 19.7 Å². The Bertz CT molecular complexity index is 1290. The number of anilines is 1. The summed E-state index contributed by atoms with van der Waals surface area (Å²) in [6.45, 7) is -0.482. The first kappa shape index (κ1) is 19.7. The molecule has 32 heavy (non-hydrogen) atoms. The molecule has 1 heterocycles. The van der Waals surface area contributed by atoms with Gasteiger partial charge < -0.3 is 9.84 Å². The Kier molecular flexibility index (Phi) is 4.99. The van der Waals surface area contributed by atoms with Crippen molar-refractivity contribution < 1.29 is 19.4 Å². The number of carboxylic acid groups (broad SMARTS) is 1. The molecule has 0 fully saturated rings. The maximum Gasteiger partial charge on any atom is 0.416 e. The number of carboxylic acids is 1. The van der Waals surface area contributed by atoms with Crippen LogP contribution in [-0.2, 0) is 9.53 Å². The highest BCUT2D eigenvalue weighted by Crippen LogP contribution is 2.44. The fraction of sp³-hybridized carbons (Fsp3) is 0.120. The summed E-state index contributed by atoms with van der Waals surface area (Å²) in [6, 6.07) is 23.2. The highest BCUT2D eigenvalue weighted by Gasteiger charge is 2.31. The number of para-hydroxylation sites is 1. The van der Waals surface area contributed by atoms with Crippen LogP contribution >= 0.6 is 0 Å². The van der Waals surface area contributed by atoms with Gasteiger partial charge in [-0.05, 0) is 34.4 Å². The highest BCUT2D eigenvalue weighted by atomic mass is 16.6. The van der Waals surface area contributed by atoms with Gasteiger partial charge in [0.15, 0.2) is 0 Å². The average molecular weight is 425 g/mol. The number of hydrogen-bond acceptors (Lipinski definition) is 5. The molecule has 0 spiro atoms. The van der Waals surface area contributed by atoms with Crippen molar-refractivity contribution in [1.29, 1.82) is 0 Å². The monoisotopic (exact) mass is 425 g/mol. The lowest BCUT2D eigenvalue weighted by atomic mass is 9.98. The van der Waals surface area contributed by atoms with E-state index in [9.17, 15) is 14.7 Å². The minimum absolute atomic E-state index is 0.0893. The third kappa shape index (κ3) is 3.43. The van der Waals surface area contributed by atoms with Gasteiger partial charge in [-0.15, -0.1) is 0 Å². The average Bonchev–Trinajstić information content (AvgIpc) is 3.14. The van der Waals surface area contributed by atoms with E-state index in [0.29, 0.717) is 10.9 Å². The summed E-state index contributed by atoms with van der Waals surface area (Å²) in [4.78, 5) is 34.0. The third-order valence-electron chi connectivity index (χ3n) is 5.63.